The van der Waals surface area contributed by atoms with Crippen molar-refractivity contribution in [3.63, 3.8) is 0 Å². The van der Waals surface area contributed by atoms with Crippen molar-refractivity contribution in [2.75, 3.05) is 0 Å². The fourth-order valence-electron chi connectivity index (χ4n) is 2.23. The highest BCUT2D eigenvalue weighted by atomic mass is 19.1. The first-order chi connectivity index (χ1) is 11.4. The van der Waals surface area contributed by atoms with E-state index in [0.717, 1.165) is 5.56 Å². The SMILES string of the molecule is NC(=O)[C@@H](CCc1ccccc1)NC(=O)c1c(F)cc(F)cc1F. The van der Waals surface area contributed by atoms with Gasteiger partial charge in [0.15, 0.2) is 0 Å². The zero-order valence-corrected chi connectivity index (χ0v) is 12.6. The van der Waals surface area contributed by atoms with Crippen LogP contribution in [-0.2, 0) is 11.2 Å². The number of carbonyl (C=O) groups is 2. The molecule has 2 rings (SSSR count). The smallest absolute Gasteiger partial charge is 0.257 e. The minimum Gasteiger partial charge on any atom is -0.368 e. The van der Waals surface area contributed by atoms with E-state index in [1.807, 2.05) is 30.3 Å². The van der Waals surface area contributed by atoms with E-state index in [1.54, 1.807) is 0 Å². The highest BCUT2D eigenvalue weighted by molar-refractivity contribution is 5.97. The highest BCUT2D eigenvalue weighted by Crippen LogP contribution is 2.15. The molecule has 0 saturated carbocycles. The number of carbonyl (C=O) groups excluding carboxylic acids is 2. The molecule has 2 aromatic carbocycles. The number of hydrogen-bond donors (Lipinski definition) is 2. The second-order valence-corrected chi connectivity index (χ2v) is 5.20. The van der Waals surface area contributed by atoms with E-state index >= 15 is 0 Å². The summed E-state index contributed by atoms with van der Waals surface area (Å²) in [6, 6.07) is 8.80. The Balaban J connectivity index is 2.10. The lowest BCUT2D eigenvalue weighted by atomic mass is 10.0. The Morgan fingerprint density at radius 3 is 2.17 bits per heavy atom. The van der Waals surface area contributed by atoms with Gasteiger partial charge in [0.1, 0.15) is 29.1 Å². The molecular weight excluding hydrogens is 321 g/mol. The normalized spacial score (nSPS) is 11.8. The lowest BCUT2D eigenvalue weighted by Gasteiger charge is -2.16. The molecule has 24 heavy (non-hydrogen) atoms. The largest absolute Gasteiger partial charge is 0.368 e. The molecule has 0 fully saturated rings. The van der Waals surface area contributed by atoms with Crippen molar-refractivity contribution in [2.45, 2.75) is 18.9 Å². The predicted octanol–water partition coefficient (Wildman–Crippen LogP) is 2.32. The number of hydrogen-bond acceptors (Lipinski definition) is 2. The van der Waals surface area contributed by atoms with Crippen molar-refractivity contribution >= 4 is 11.8 Å². The Morgan fingerprint density at radius 1 is 1.04 bits per heavy atom. The summed E-state index contributed by atoms with van der Waals surface area (Å²) in [5.41, 5.74) is 5.18. The first kappa shape index (κ1) is 17.5. The molecule has 0 aromatic heterocycles. The summed E-state index contributed by atoms with van der Waals surface area (Å²) in [7, 11) is 0. The third-order valence-corrected chi connectivity index (χ3v) is 3.45. The van der Waals surface area contributed by atoms with Gasteiger partial charge in [-0.25, -0.2) is 13.2 Å². The minimum absolute atomic E-state index is 0.162. The second kappa shape index (κ2) is 7.63. The molecule has 0 aliphatic carbocycles. The fraction of sp³-hybridized carbons (Fsp3) is 0.176. The van der Waals surface area contributed by atoms with Crippen LogP contribution in [0.5, 0.6) is 0 Å². The van der Waals surface area contributed by atoms with Gasteiger partial charge in [0, 0.05) is 12.1 Å². The van der Waals surface area contributed by atoms with E-state index < -0.39 is 40.9 Å². The van der Waals surface area contributed by atoms with Gasteiger partial charge in [-0.15, -0.1) is 0 Å². The van der Waals surface area contributed by atoms with E-state index in [9.17, 15) is 22.8 Å². The molecule has 3 N–H and O–H groups in total. The number of nitrogens with one attached hydrogen (secondary N) is 1. The summed E-state index contributed by atoms with van der Waals surface area (Å²) in [6.45, 7) is 0. The summed E-state index contributed by atoms with van der Waals surface area (Å²) in [4.78, 5) is 23.5. The number of amides is 2. The molecule has 0 aliphatic rings. The Kier molecular flexibility index (Phi) is 5.57. The van der Waals surface area contributed by atoms with Gasteiger partial charge in [-0.05, 0) is 18.4 Å². The highest BCUT2D eigenvalue weighted by Gasteiger charge is 2.24. The number of aryl methyl sites for hydroxylation is 1. The molecule has 4 nitrogen and oxygen atoms in total. The lowest BCUT2D eigenvalue weighted by Crippen LogP contribution is -2.45. The molecule has 0 bridgehead atoms. The first-order valence-corrected chi connectivity index (χ1v) is 7.17. The van der Waals surface area contributed by atoms with Crippen LogP contribution in [0.1, 0.15) is 22.3 Å². The number of nitrogens with two attached hydrogens (primary N) is 1. The van der Waals surface area contributed by atoms with Crippen LogP contribution in [0.15, 0.2) is 42.5 Å². The summed E-state index contributed by atoms with van der Waals surface area (Å²) in [5, 5.41) is 2.19. The standard InChI is InChI=1S/C17H15F3N2O2/c18-11-8-12(19)15(13(20)9-11)17(24)22-14(16(21)23)7-6-10-4-2-1-3-5-10/h1-5,8-9,14H,6-7H2,(H2,21,23)(H,22,24)/t14-/m1/s1. The van der Waals surface area contributed by atoms with Gasteiger partial charge in [-0.3, -0.25) is 9.59 Å². The van der Waals surface area contributed by atoms with Crippen LogP contribution < -0.4 is 11.1 Å². The molecule has 0 unspecified atom stereocenters. The molecule has 0 aliphatic heterocycles. The molecule has 0 heterocycles. The number of rotatable bonds is 6. The Bertz CT molecular complexity index is 728. The van der Waals surface area contributed by atoms with Crippen molar-refractivity contribution < 1.29 is 22.8 Å². The Labute approximate surface area is 136 Å². The third kappa shape index (κ3) is 4.34. The van der Waals surface area contributed by atoms with Gasteiger partial charge >= 0.3 is 0 Å². The average molecular weight is 336 g/mol. The van der Waals surface area contributed by atoms with Crippen LogP contribution in [0, 0.1) is 17.5 Å². The van der Waals surface area contributed by atoms with Gasteiger partial charge in [-0.1, -0.05) is 30.3 Å². The molecule has 0 spiro atoms. The maximum Gasteiger partial charge on any atom is 0.257 e. The van der Waals surface area contributed by atoms with Crippen LogP contribution in [0.2, 0.25) is 0 Å². The van der Waals surface area contributed by atoms with E-state index in [1.165, 1.54) is 0 Å². The molecular formula is C17H15F3N2O2. The Morgan fingerprint density at radius 2 is 1.62 bits per heavy atom. The molecule has 126 valence electrons. The summed E-state index contributed by atoms with van der Waals surface area (Å²) >= 11 is 0. The summed E-state index contributed by atoms with van der Waals surface area (Å²) in [5.74, 6) is -5.84. The zero-order valence-electron chi connectivity index (χ0n) is 12.6. The third-order valence-electron chi connectivity index (χ3n) is 3.45. The summed E-state index contributed by atoms with van der Waals surface area (Å²) < 4.78 is 40.1. The van der Waals surface area contributed by atoms with Gasteiger partial charge in [0.2, 0.25) is 5.91 Å². The fourth-order valence-corrected chi connectivity index (χ4v) is 2.23. The molecule has 0 radical (unpaired) electrons. The van der Waals surface area contributed by atoms with Crippen LogP contribution in [0.25, 0.3) is 0 Å². The second-order valence-electron chi connectivity index (χ2n) is 5.20. The number of benzene rings is 2. The predicted molar refractivity (Wildman–Crippen MR) is 81.5 cm³/mol. The molecule has 0 saturated heterocycles. The monoisotopic (exact) mass is 336 g/mol. The van der Waals surface area contributed by atoms with Crippen LogP contribution in [-0.4, -0.2) is 17.9 Å². The van der Waals surface area contributed by atoms with Crippen LogP contribution >= 0.6 is 0 Å². The minimum atomic E-state index is -1.35. The molecule has 2 amide bonds. The van der Waals surface area contributed by atoms with Crippen LogP contribution in [0.3, 0.4) is 0 Å². The van der Waals surface area contributed by atoms with E-state index in [-0.39, 0.29) is 6.42 Å². The van der Waals surface area contributed by atoms with Gasteiger partial charge in [0.25, 0.3) is 5.91 Å². The van der Waals surface area contributed by atoms with Gasteiger partial charge in [0.05, 0.1) is 0 Å². The quantitative estimate of drug-likeness (QED) is 0.850. The van der Waals surface area contributed by atoms with Crippen molar-refractivity contribution in [1.29, 1.82) is 0 Å². The van der Waals surface area contributed by atoms with Crippen molar-refractivity contribution in [2.24, 2.45) is 5.73 Å². The Hall–Kier alpha value is -2.83. The molecule has 1 atom stereocenters. The average Bonchev–Trinajstić information content (AvgIpc) is 2.51. The number of primary amides is 1. The van der Waals surface area contributed by atoms with Gasteiger partial charge in [-0.2, -0.15) is 0 Å². The van der Waals surface area contributed by atoms with E-state index in [0.29, 0.717) is 18.6 Å². The summed E-state index contributed by atoms with van der Waals surface area (Å²) in [6.07, 6.45) is 0.596. The van der Waals surface area contributed by atoms with E-state index in [2.05, 4.69) is 5.32 Å². The lowest BCUT2D eigenvalue weighted by molar-refractivity contribution is -0.120. The zero-order chi connectivity index (χ0) is 17.7. The first-order valence-electron chi connectivity index (χ1n) is 7.17. The van der Waals surface area contributed by atoms with Crippen molar-refractivity contribution in [3.8, 4) is 0 Å². The van der Waals surface area contributed by atoms with Crippen molar-refractivity contribution in [3.05, 3.63) is 71.0 Å². The maximum atomic E-state index is 13.6. The molecule has 2 aromatic rings. The van der Waals surface area contributed by atoms with Crippen molar-refractivity contribution in [1.82, 2.24) is 5.32 Å². The topological polar surface area (TPSA) is 72.2 Å². The molecule has 7 heteroatoms. The van der Waals surface area contributed by atoms with Gasteiger partial charge < -0.3 is 11.1 Å². The number of halogens is 3. The van der Waals surface area contributed by atoms with E-state index in [4.69, 9.17) is 5.73 Å². The maximum absolute atomic E-state index is 13.6. The van der Waals surface area contributed by atoms with Crippen LogP contribution in [0.4, 0.5) is 13.2 Å².